The van der Waals surface area contributed by atoms with E-state index in [1.807, 2.05) is 6.92 Å². The molecule has 7 heteroatoms. The van der Waals surface area contributed by atoms with Crippen LogP contribution >= 0.6 is 0 Å². The fourth-order valence-electron chi connectivity index (χ4n) is 2.09. The van der Waals surface area contributed by atoms with Crippen molar-refractivity contribution in [3.05, 3.63) is 12.0 Å². The minimum Gasteiger partial charge on any atom is -0.395 e. The van der Waals surface area contributed by atoms with Crippen molar-refractivity contribution in [1.82, 2.24) is 14.3 Å². The number of sulfonamides is 1. The van der Waals surface area contributed by atoms with E-state index in [0.717, 1.165) is 6.42 Å². The van der Waals surface area contributed by atoms with Crippen LogP contribution in [0.15, 0.2) is 11.2 Å². The number of aryl methyl sites for hydroxylation is 1. The molecule has 0 aliphatic carbocycles. The summed E-state index contributed by atoms with van der Waals surface area (Å²) in [4.78, 5) is 6.80. The van der Waals surface area contributed by atoms with Gasteiger partial charge >= 0.3 is 0 Å². The molecule has 0 unspecified atom stereocenters. The monoisotopic (exact) mass is 259 g/mol. The predicted molar refractivity (Wildman–Crippen MR) is 62.0 cm³/mol. The van der Waals surface area contributed by atoms with Crippen LogP contribution < -0.4 is 0 Å². The second-order valence-electron chi connectivity index (χ2n) is 4.14. The first kappa shape index (κ1) is 12.5. The molecule has 0 aromatic carbocycles. The number of hydrogen-bond acceptors (Lipinski definition) is 4. The first-order valence-electron chi connectivity index (χ1n) is 5.76. The zero-order valence-electron chi connectivity index (χ0n) is 9.76. The number of aliphatic hydroxyl groups is 1. The highest BCUT2D eigenvalue weighted by molar-refractivity contribution is 7.89. The van der Waals surface area contributed by atoms with Gasteiger partial charge in [0.2, 0.25) is 0 Å². The lowest BCUT2D eigenvalue weighted by Crippen LogP contribution is -2.37. The number of aromatic amines is 1. The topological polar surface area (TPSA) is 86.3 Å². The van der Waals surface area contributed by atoms with E-state index in [2.05, 4.69) is 9.97 Å². The maximum absolute atomic E-state index is 12.3. The van der Waals surface area contributed by atoms with Crippen LogP contribution in [0, 0.1) is 0 Å². The van der Waals surface area contributed by atoms with Gasteiger partial charge in [0.15, 0.2) is 5.03 Å². The normalized spacial score (nSPS) is 22.1. The van der Waals surface area contributed by atoms with Crippen molar-refractivity contribution in [2.24, 2.45) is 0 Å². The molecule has 1 saturated heterocycles. The Labute approximate surface area is 101 Å². The fourth-order valence-corrected chi connectivity index (χ4v) is 3.71. The highest BCUT2D eigenvalue weighted by Gasteiger charge is 2.35. The van der Waals surface area contributed by atoms with E-state index in [4.69, 9.17) is 5.11 Å². The van der Waals surface area contributed by atoms with E-state index in [0.29, 0.717) is 25.2 Å². The van der Waals surface area contributed by atoms with Crippen LogP contribution in [0.5, 0.6) is 0 Å². The highest BCUT2D eigenvalue weighted by Crippen LogP contribution is 2.24. The summed E-state index contributed by atoms with van der Waals surface area (Å²) in [5.74, 6) is 0.656. The number of H-pyrrole nitrogens is 1. The summed E-state index contributed by atoms with van der Waals surface area (Å²) in [5.41, 5.74) is 0. The van der Waals surface area contributed by atoms with Gasteiger partial charge in [-0.1, -0.05) is 6.92 Å². The van der Waals surface area contributed by atoms with Crippen molar-refractivity contribution in [3.63, 3.8) is 0 Å². The van der Waals surface area contributed by atoms with Crippen LogP contribution in [-0.2, 0) is 16.4 Å². The quantitative estimate of drug-likeness (QED) is 0.804. The molecular weight excluding hydrogens is 242 g/mol. The Morgan fingerprint density at radius 3 is 3.00 bits per heavy atom. The number of nitrogens with zero attached hydrogens (tertiary/aromatic N) is 2. The second-order valence-corrected chi connectivity index (χ2v) is 6.00. The van der Waals surface area contributed by atoms with E-state index in [1.165, 1.54) is 10.5 Å². The molecule has 1 aromatic heterocycles. The summed E-state index contributed by atoms with van der Waals surface area (Å²) in [7, 11) is -3.53. The second kappa shape index (κ2) is 4.75. The van der Waals surface area contributed by atoms with Crippen molar-refractivity contribution >= 4 is 10.0 Å². The minimum absolute atomic E-state index is 0.120. The molecule has 0 amide bonds. The highest BCUT2D eigenvalue weighted by atomic mass is 32.2. The molecule has 6 nitrogen and oxygen atoms in total. The molecule has 0 bridgehead atoms. The third-order valence-electron chi connectivity index (χ3n) is 3.06. The zero-order chi connectivity index (χ0) is 12.5. The molecule has 1 aliphatic heterocycles. The third-order valence-corrected chi connectivity index (χ3v) is 4.92. The number of hydrogen-bond donors (Lipinski definition) is 2. The molecule has 2 heterocycles. The van der Waals surface area contributed by atoms with Crippen LogP contribution in [0.1, 0.15) is 25.6 Å². The Morgan fingerprint density at radius 2 is 2.41 bits per heavy atom. The van der Waals surface area contributed by atoms with Crippen molar-refractivity contribution in [2.45, 2.75) is 37.3 Å². The number of nitrogens with one attached hydrogen (secondary N) is 1. The van der Waals surface area contributed by atoms with Crippen LogP contribution in [0.3, 0.4) is 0 Å². The van der Waals surface area contributed by atoms with Gasteiger partial charge in [0.05, 0.1) is 12.8 Å². The summed E-state index contributed by atoms with van der Waals surface area (Å²) < 4.78 is 25.9. The lowest BCUT2D eigenvalue weighted by molar-refractivity contribution is 0.213. The Kier molecular flexibility index (Phi) is 3.50. The Balaban J connectivity index is 2.29. The molecule has 17 heavy (non-hydrogen) atoms. The first-order chi connectivity index (χ1) is 8.09. The van der Waals surface area contributed by atoms with Crippen LogP contribution in [0.25, 0.3) is 0 Å². The summed E-state index contributed by atoms with van der Waals surface area (Å²) in [6, 6.07) is -0.298. The molecule has 96 valence electrons. The fraction of sp³-hybridized carbons (Fsp3) is 0.700. The third kappa shape index (κ3) is 2.22. The minimum atomic E-state index is -3.53. The summed E-state index contributed by atoms with van der Waals surface area (Å²) in [5, 5.41) is 9.29. The molecule has 1 aromatic rings. The molecule has 0 spiro atoms. The van der Waals surface area contributed by atoms with E-state index in [1.54, 1.807) is 0 Å². The maximum Gasteiger partial charge on any atom is 0.260 e. The SMILES string of the molecule is CCc1ncc(S(=O)(=O)N2CCC[C@@H]2CO)[nH]1. The Hall–Kier alpha value is -0.920. The van der Waals surface area contributed by atoms with Crippen LogP contribution in [-0.4, -0.2) is 47.0 Å². The van der Waals surface area contributed by atoms with E-state index < -0.39 is 10.0 Å². The lowest BCUT2D eigenvalue weighted by atomic mass is 10.2. The molecule has 1 atom stereocenters. The molecule has 1 aliphatic rings. The largest absolute Gasteiger partial charge is 0.395 e. The van der Waals surface area contributed by atoms with Crippen LogP contribution in [0.2, 0.25) is 0 Å². The zero-order valence-corrected chi connectivity index (χ0v) is 10.6. The standard InChI is InChI=1S/C10H17N3O3S/c1-2-9-11-6-10(12-9)17(15,16)13-5-3-4-8(13)7-14/h6,8,14H,2-5,7H2,1H3,(H,11,12)/t8-/m1/s1. The predicted octanol–water partition coefficient (Wildman–Crippen LogP) is 0.118. The molecular formula is C10H17N3O3S. The molecule has 2 N–H and O–H groups in total. The maximum atomic E-state index is 12.3. The average Bonchev–Trinajstić information content (AvgIpc) is 2.97. The van der Waals surface area contributed by atoms with Gasteiger partial charge in [-0.2, -0.15) is 4.31 Å². The van der Waals surface area contributed by atoms with E-state index >= 15 is 0 Å². The van der Waals surface area contributed by atoms with Crippen LogP contribution in [0.4, 0.5) is 0 Å². The number of rotatable bonds is 4. The number of aliphatic hydroxyl groups excluding tert-OH is 1. The first-order valence-corrected chi connectivity index (χ1v) is 7.20. The molecule has 0 radical (unpaired) electrons. The molecule has 0 saturated carbocycles. The average molecular weight is 259 g/mol. The lowest BCUT2D eigenvalue weighted by Gasteiger charge is -2.21. The summed E-state index contributed by atoms with van der Waals surface area (Å²) >= 11 is 0. The van der Waals surface area contributed by atoms with Gasteiger partial charge in [-0.15, -0.1) is 0 Å². The number of imidazole rings is 1. The Morgan fingerprint density at radius 1 is 1.65 bits per heavy atom. The van der Waals surface area contributed by atoms with E-state index in [9.17, 15) is 8.42 Å². The Bertz CT molecular complexity index is 483. The van der Waals surface area contributed by atoms with E-state index in [-0.39, 0.29) is 17.7 Å². The van der Waals surface area contributed by atoms with Crippen molar-refractivity contribution in [3.8, 4) is 0 Å². The van der Waals surface area contributed by atoms with Crippen molar-refractivity contribution in [2.75, 3.05) is 13.2 Å². The van der Waals surface area contributed by atoms with Crippen molar-refractivity contribution < 1.29 is 13.5 Å². The van der Waals surface area contributed by atoms with Gasteiger partial charge < -0.3 is 10.1 Å². The van der Waals surface area contributed by atoms with Gasteiger partial charge in [0.25, 0.3) is 10.0 Å². The van der Waals surface area contributed by atoms with Gasteiger partial charge in [-0.05, 0) is 12.8 Å². The van der Waals surface area contributed by atoms with Gasteiger partial charge in [0, 0.05) is 19.0 Å². The van der Waals surface area contributed by atoms with Gasteiger partial charge in [-0.3, -0.25) is 0 Å². The summed E-state index contributed by atoms with van der Waals surface area (Å²) in [6.45, 7) is 2.24. The molecule has 1 fully saturated rings. The summed E-state index contributed by atoms with van der Waals surface area (Å²) in [6.07, 6.45) is 3.52. The molecule has 2 rings (SSSR count). The van der Waals surface area contributed by atoms with Gasteiger partial charge in [0.1, 0.15) is 5.82 Å². The van der Waals surface area contributed by atoms with Gasteiger partial charge in [-0.25, -0.2) is 13.4 Å². The smallest absolute Gasteiger partial charge is 0.260 e. The number of aromatic nitrogens is 2. The van der Waals surface area contributed by atoms with Crippen molar-refractivity contribution in [1.29, 1.82) is 0 Å².